The van der Waals surface area contributed by atoms with Gasteiger partial charge in [0, 0.05) is 28.9 Å². The van der Waals surface area contributed by atoms with Gasteiger partial charge >= 0.3 is 0 Å². The van der Waals surface area contributed by atoms with Crippen LogP contribution >= 0.6 is 0 Å². The maximum absolute atomic E-state index is 10.6. The van der Waals surface area contributed by atoms with Gasteiger partial charge in [0.05, 0.1) is 7.11 Å². The number of ether oxygens (including phenoxy) is 1. The van der Waals surface area contributed by atoms with Crippen LogP contribution in [-0.2, 0) is 4.74 Å². The SMILES string of the molecule is COC1=C(C2=C(O)C=CC3C=CC=CC23)C2=CC=CCC2C=C1. The second kappa shape index (κ2) is 5.62. The molecule has 116 valence electrons. The minimum Gasteiger partial charge on any atom is -0.508 e. The summed E-state index contributed by atoms with van der Waals surface area (Å²) in [7, 11) is 1.70. The van der Waals surface area contributed by atoms with Crippen LogP contribution in [0.25, 0.3) is 0 Å². The smallest absolute Gasteiger partial charge is 0.126 e. The zero-order chi connectivity index (χ0) is 15.8. The van der Waals surface area contributed by atoms with Crippen molar-refractivity contribution >= 4 is 0 Å². The van der Waals surface area contributed by atoms with Crippen molar-refractivity contribution in [2.45, 2.75) is 6.42 Å². The van der Waals surface area contributed by atoms with Crippen LogP contribution < -0.4 is 0 Å². The highest BCUT2D eigenvalue weighted by atomic mass is 16.5. The summed E-state index contributed by atoms with van der Waals surface area (Å²) in [6.07, 6.45) is 24.1. The molecule has 4 rings (SSSR count). The summed E-state index contributed by atoms with van der Waals surface area (Å²) in [5.74, 6) is 1.99. The van der Waals surface area contributed by atoms with E-state index in [-0.39, 0.29) is 5.92 Å². The lowest BCUT2D eigenvalue weighted by atomic mass is 9.70. The molecule has 3 atom stereocenters. The first-order valence-corrected chi connectivity index (χ1v) is 8.10. The van der Waals surface area contributed by atoms with Crippen LogP contribution in [0.4, 0.5) is 0 Å². The number of aliphatic hydroxyl groups excluding tert-OH is 1. The Morgan fingerprint density at radius 1 is 1.04 bits per heavy atom. The van der Waals surface area contributed by atoms with Gasteiger partial charge in [-0.3, -0.25) is 0 Å². The van der Waals surface area contributed by atoms with E-state index in [4.69, 9.17) is 4.74 Å². The summed E-state index contributed by atoms with van der Waals surface area (Å²) in [5.41, 5.74) is 3.28. The molecule has 2 heteroatoms. The first-order valence-electron chi connectivity index (χ1n) is 8.10. The second-order valence-corrected chi connectivity index (χ2v) is 6.23. The molecular weight excluding hydrogens is 284 g/mol. The average molecular weight is 304 g/mol. The van der Waals surface area contributed by atoms with E-state index in [9.17, 15) is 5.11 Å². The average Bonchev–Trinajstić information content (AvgIpc) is 2.61. The standard InChI is InChI=1S/C21H20O2/c1-23-19-13-11-15-7-3-5-9-17(15)21(19)20-16-8-4-2-6-14(16)10-12-18(20)22/h2-6,8-16,22H,7H2,1H3. The largest absolute Gasteiger partial charge is 0.508 e. The van der Waals surface area contributed by atoms with Crippen molar-refractivity contribution in [1.29, 1.82) is 0 Å². The number of allylic oxidation sites excluding steroid dienone is 14. The third-order valence-electron chi connectivity index (χ3n) is 4.97. The summed E-state index contributed by atoms with van der Waals surface area (Å²) in [5, 5.41) is 10.6. The fourth-order valence-corrected chi connectivity index (χ4v) is 3.84. The van der Waals surface area contributed by atoms with E-state index >= 15 is 0 Å². The van der Waals surface area contributed by atoms with Gasteiger partial charge in [0.1, 0.15) is 11.5 Å². The Balaban J connectivity index is 1.90. The van der Waals surface area contributed by atoms with E-state index in [0.29, 0.717) is 17.6 Å². The molecule has 0 aliphatic heterocycles. The highest BCUT2D eigenvalue weighted by Gasteiger charge is 2.34. The van der Waals surface area contributed by atoms with E-state index in [0.717, 1.165) is 23.3 Å². The van der Waals surface area contributed by atoms with Gasteiger partial charge in [0.25, 0.3) is 0 Å². The first-order chi connectivity index (χ1) is 11.3. The summed E-state index contributed by atoms with van der Waals surface area (Å²) < 4.78 is 5.65. The molecule has 0 radical (unpaired) electrons. The van der Waals surface area contributed by atoms with Crippen molar-refractivity contribution in [2.24, 2.45) is 17.8 Å². The molecule has 0 aromatic carbocycles. The quantitative estimate of drug-likeness (QED) is 0.801. The van der Waals surface area contributed by atoms with E-state index in [1.54, 1.807) is 7.11 Å². The maximum atomic E-state index is 10.6. The highest BCUT2D eigenvalue weighted by Crippen LogP contribution is 2.45. The molecule has 2 nitrogen and oxygen atoms in total. The summed E-state index contributed by atoms with van der Waals surface area (Å²) in [6, 6.07) is 0. The molecular formula is C21H20O2. The monoisotopic (exact) mass is 304 g/mol. The van der Waals surface area contributed by atoms with Crippen molar-refractivity contribution in [3.05, 3.63) is 95.1 Å². The van der Waals surface area contributed by atoms with Gasteiger partial charge in [-0.25, -0.2) is 0 Å². The van der Waals surface area contributed by atoms with Crippen LogP contribution in [0.5, 0.6) is 0 Å². The predicted octanol–water partition coefficient (Wildman–Crippen LogP) is 4.70. The Bertz CT molecular complexity index is 766. The molecule has 0 spiro atoms. The van der Waals surface area contributed by atoms with Crippen LogP contribution in [0.2, 0.25) is 0 Å². The molecule has 0 fully saturated rings. The molecule has 1 N–H and O–H groups in total. The van der Waals surface area contributed by atoms with Crippen molar-refractivity contribution < 1.29 is 9.84 Å². The molecule has 23 heavy (non-hydrogen) atoms. The molecule has 0 bridgehead atoms. The fourth-order valence-electron chi connectivity index (χ4n) is 3.84. The number of fused-ring (bicyclic) bond motifs is 2. The number of rotatable bonds is 2. The van der Waals surface area contributed by atoms with Crippen LogP contribution in [0.1, 0.15) is 6.42 Å². The minimum absolute atomic E-state index is 0.157. The molecule has 0 saturated heterocycles. The molecule has 0 saturated carbocycles. The van der Waals surface area contributed by atoms with E-state index in [1.165, 1.54) is 5.57 Å². The first kappa shape index (κ1) is 14.1. The second-order valence-electron chi connectivity index (χ2n) is 6.23. The Hall–Kier alpha value is -2.48. The highest BCUT2D eigenvalue weighted by molar-refractivity contribution is 5.61. The Kier molecular flexibility index (Phi) is 3.45. The Labute approximate surface area is 136 Å². The van der Waals surface area contributed by atoms with Gasteiger partial charge in [0.15, 0.2) is 0 Å². The van der Waals surface area contributed by atoms with Gasteiger partial charge in [-0.15, -0.1) is 0 Å². The molecule has 4 aliphatic carbocycles. The molecule has 0 aromatic heterocycles. The zero-order valence-corrected chi connectivity index (χ0v) is 13.1. The molecule has 0 heterocycles. The lowest BCUT2D eigenvalue weighted by molar-refractivity contribution is 0.299. The van der Waals surface area contributed by atoms with Crippen LogP contribution in [0.3, 0.4) is 0 Å². The third kappa shape index (κ3) is 2.26. The van der Waals surface area contributed by atoms with E-state index < -0.39 is 0 Å². The third-order valence-corrected chi connectivity index (χ3v) is 4.97. The molecule has 0 amide bonds. The van der Waals surface area contributed by atoms with Crippen molar-refractivity contribution in [3.8, 4) is 0 Å². The van der Waals surface area contributed by atoms with Crippen molar-refractivity contribution in [1.82, 2.24) is 0 Å². The normalized spacial score (nSPS) is 31.2. The number of methoxy groups -OCH3 is 1. The predicted molar refractivity (Wildman–Crippen MR) is 92.6 cm³/mol. The van der Waals surface area contributed by atoms with Gasteiger partial charge in [-0.1, -0.05) is 54.7 Å². The number of aliphatic hydroxyl groups is 1. The topological polar surface area (TPSA) is 29.5 Å². The van der Waals surface area contributed by atoms with Gasteiger partial charge in [-0.05, 0) is 24.1 Å². The number of hydrogen-bond donors (Lipinski definition) is 1. The lowest BCUT2D eigenvalue weighted by Crippen LogP contribution is -2.23. The Morgan fingerprint density at radius 3 is 2.78 bits per heavy atom. The van der Waals surface area contributed by atoms with E-state index in [2.05, 4.69) is 54.7 Å². The molecule has 3 unspecified atom stereocenters. The van der Waals surface area contributed by atoms with Crippen molar-refractivity contribution in [2.75, 3.05) is 7.11 Å². The van der Waals surface area contributed by atoms with Gasteiger partial charge < -0.3 is 9.84 Å². The Morgan fingerprint density at radius 2 is 1.91 bits per heavy atom. The van der Waals surface area contributed by atoms with Crippen LogP contribution in [0.15, 0.2) is 95.1 Å². The lowest BCUT2D eigenvalue weighted by Gasteiger charge is -2.34. The van der Waals surface area contributed by atoms with E-state index in [1.807, 2.05) is 12.2 Å². The molecule has 4 aliphatic rings. The van der Waals surface area contributed by atoms with Crippen LogP contribution in [-0.4, -0.2) is 12.2 Å². The molecule has 0 aromatic rings. The maximum Gasteiger partial charge on any atom is 0.126 e. The summed E-state index contributed by atoms with van der Waals surface area (Å²) in [6.45, 7) is 0. The summed E-state index contributed by atoms with van der Waals surface area (Å²) in [4.78, 5) is 0. The zero-order valence-electron chi connectivity index (χ0n) is 13.1. The van der Waals surface area contributed by atoms with Gasteiger partial charge in [-0.2, -0.15) is 0 Å². The number of hydrogen-bond acceptors (Lipinski definition) is 2. The van der Waals surface area contributed by atoms with Crippen molar-refractivity contribution in [3.63, 3.8) is 0 Å². The summed E-state index contributed by atoms with van der Waals surface area (Å²) >= 11 is 0. The fraction of sp³-hybridized carbons (Fsp3) is 0.238. The minimum atomic E-state index is 0.157. The van der Waals surface area contributed by atoms with Crippen LogP contribution in [0, 0.1) is 17.8 Å². The van der Waals surface area contributed by atoms with Gasteiger partial charge in [0.2, 0.25) is 0 Å².